The van der Waals surface area contributed by atoms with Gasteiger partial charge in [-0.05, 0) is 24.5 Å². The summed E-state index contributed by atoms with van der Waals surface area (Å²) in [4.78, 5) is 4.40. The molecular formula is C17H20FN3O2. The maximum absolute atomic E-state index is 15.3. The van der Waals surface area contributed by atoms with Crippen molar-refractivity contribution in [3.8, 4) is 0 Å². The maximum atomic E-state index is 15.3. The molecule has 0 fully saturated rings. The topological polar surface area (TPSA) is 74.9 Å². The summed E-state index contributed by atoms with van der Waals surface area (Å²) >= 11 is 0. The summed E-state index contributed by atoms with van der Waals surface area (Å²) in [6.07, 6.45) is 11.5. The first-order chi connectivity index (χ1) is 11.2. The van der Waals surface area contributed by atoms with Crippen molar-refractivity contribution in [1.82, 2.24) is 15.2 Å². The molecule has 2 heterocycles. The first kappa shape index (κ1) is 15.7. The number of allylic oxidation sites excluding steroid dienone is 3. The fraction of sp³-hybridized carbons (Fsp3) is 0.412. The highest BCUT2D eigenvalue weighted by Crippen LogP contribution is 2.37. The summed E-state index contributed by atoms with van der Waals surface area (Å²) in [7, 11) is 0. The van der Waals surface area contributed by atoms with E-state index < -0.39 is 5.67 Å². The minimum absolute atomic E-state index is 0.00524. The Morgan fingerprint density at radius 2 is 2.39 bits per heavy atom. The number of hydrogen-bond acceptors (Lipinski definition) is 4. The summed E-state index contributed by atoms with van der Waals surface area (Å²) in [6.45, 7) is 2.02. The zero-order chi connectivity index (χ0) is 16.3. The van der Waals surface area contributed by atoms with Crippen LogP contribution < -0.4 is 0 Å². The Morgan fingerprint density at radius 3 is 3.09 bits per heavy atom. The zero-order valence-electron chi connectivity index (χ0n) is 13.0. The average molecular weight is 317 g/mol. The van der Waals surface area contributed by atoms with E-state index in [1.165, 1.54) is 12.3 Å². The van der Waals surface area contributed by atoms with Gasteiger partial charge in [0.15, 0.2) is 5.67 Å². The molecule has 5 nitrogen and oxygen atoms in total. The molecule has 3 rings (SSSR count). The molecule has 0 saturated carbocycles. The number of halogens is 1. The van der Waals surface area contributed by atoms with Crippen LogP contribution in [0.3, 0.4) is 0 Å². The predicted molar refractivity (Wildman–Crippen MR) is 83.6 cm³/mol. The van der Waals surface area contributed by atoms with Gasteiger partial charge in [-0.2, -0.15) is 5.10 Å². The molecule has 2 aromatic rings. The van der Waals surface area contributed by atoms with Crippen molar-refractivity contribution in [2.45, 2.75) is 37.8 Å². The van der Waals surface area contributed by atoms with Crippen molar-refractivity contribution < 1.29 is 13.9 Å². The Morgan fingerprint density at radius 1 is 1.52 bits per heavy atom. The molecule has 1 aliphatic rings. The van der Waals surface area contributed by atoms with E-state index in [0.717, 1.165) is 17.6 Å². The maximum Gasteiger partial charge on any atom is 0.201 e. The lowest BCUT2D eigenvalue weighted by molar-refractivity contribution is 0.225. The van der Waals surface area contributed by atoms with Gasteiger partial charge in [-0.1, -0.05) is 19.1 Å². The van der Waals surface area contributed by atoms with Gasteiger partial charge in [0.1, 0.15) is 12.0 Å². The highest BCUT2D eigenvalue weighted by molar-refractivity contribution is 5.33. The summed E-state index contributed by atoms with van der Waals surface area (Å²) in [5, 5.41) is 15.8. The van der Waals surface area contributed by atoms with E-state index in [2.05, 4.69) is 15.2 Å². The van der Waals surface area contributed by atoms with Gasteiger partial charge in [0.2, 0.25) is 5.89 Å². The van der Waals surface area contributed by atoms with Crippen LogP contribution >= 0.6 is 0 Å². The van der Waals surface area contributed by atoms with Crippen molar-refractivity contribution in [2.24, 2.45) is 0 Å². The lowest BCUT2D eigenvalue weighted by atomic mass is 9.89. The fourth-order valence-corrected chi connectivity index (χ4v) is 2.89. The zero-order valence-corrected chi connectivity index (χ0v) is 13.0. The smallest absolute Gasteiger partial charge is 0.201 e. The largest absolute Gasteiger partial charge is 0.448 e. The third-order valence-electron chi connectivity index (χ3n) is 4.14. The number of aliphatic hydroxyl groups is 1. The van der Waals surface area contributed by atoms with E-state index in [0.29, 0.717) is 12.3 Å². The summed E-state index contributed by atoms with van der Waals surface area (Å²) in [5.74, 6) is 0.443. The van der Waals surface area contributed by atoms with E-state index in [4.69, 9.17) is 9.52 Å². The standard InChI is InChI=1S/C17H20FN3O2/c1-2-14(13-9-19-20-10-13)16-21-15(11-23-16)17(18)6-3-4-12(8-17)5-7-22/h3-4,8-11,14,22H,2,5-7H2,1H3,(H,19,20). The average Bonchev–Trinajstić information content (AvgIpc) is 3.21. The number of aromatic nitrogens is 3. The third kappa shape index (κ3) is 3.12. The van der Waals surface area contributed by atoms with Crippen LogP contribution in [0.4, 0.5) is 4.39 Å². The van der Waals surface area contributed by atoms with E-state index in [9.17, 15) is 0 Å². The molecule has 2 aromatic heterocycles. The lowest BCUT2D eigenvalue weighted by Crippen LogP contribution is -2.20. The molecule has 1 aliphatic carbocycles. The second-order valence-corrected chi connectivity index (χ2v) is 5.73. The molecule has 0 saturated heterocycles. The molecule has 0 spiro atoms. The predicted octanol–water partition coefficient (Wildman–Crippen LogP) is 3.37. The number of aliphatic hydroxyl groups excluding tert-OH is 1. The quantitative estimate of drug-likeness (QED) is 0.856. The second kappa shape index (κ2) is 6.50. The molecule has 0 aliphatic heterocycles. The fourth-order valence-electron chi connectivity index (χ4n) is 2.89. The Labute approximate surface area is 133 Å². The highest BCUT2D eigenvalue weighted by atomic mass is 19.1. The van der Waals surface area contributed by atoms with Crippen LogP contribution in [0, 0.1) is 0 Å². The number of nitrogens with zero attached hydrogens (tertiary/aromatic N) is 2. The molecule has 0 amide bonds. The van der Waals surface area contributed by atoms with E-state index in [1.807, 2.05) is 13.0 Å². The Balaban J connectivity index is 1.88. The van der Waals surface area contributed by atoms with E-state index in [1.54, 1.807) is 18.5 Å². The lowest BCUT2D eigenvalue weighted by Gasteiger charge is -2.22. The minimum Gasteiger partial charge on any atom is -0.448 e. The van der Waals surface area contributed by atoms with Crippen molar-refractivity contribution in [1.29, 1.82) is 0 Å². The molecule has 2 atom stereocenters. The number of aromatic amines is 1. The van der Waals surface area contributed by atoms with Crippen molar-refractivity contribution in [2.75, 3.05) is 6.61 Å². The van der Waals surface area contributed by atoms with Crippen LogP contribution in [0.15, 0.2) is 46.9 Å². The van der Waals surface area contributed by atoms with Gasteiger partial charge in [0.25, 0.3) is 0 Å². The number of hydrogen-bond donors (Lipinski definition) is 2. The summed E-state index contributed by atoms with van der Waals surface area (Å²) in [6, 6.07) is 0. The monoisotopic (exact) mass is 317 g/mol. The van der Waals surface area contributed by atoms with Crippen LogP contribution in [0.2, 0.25) is 0 Å². The SMILES string of the molecule is CCC(c1cn[nH]c1)c1nc(C2(F)C=C(CCO)C=CC2)co1. The van der Waals surface area contributed by atoms with Gasteiger partial charge < -0.3 is 9.52 Å². The third-order valence-corrected chi connectivity index (χ3v) is 4.14. The van der Waals surface area contributed by atoms with Crippen molar-refractivity contribution in [3.63, 3.8) is 0 Å². The molecule has 0 bridgehead atoms. The van der Waals surface area contributed by atoms with Gasteiger partial charge >= 0.3 is 0 Å². The molecule has 122 valence electrons. The van der Waals surface area contributed by atoms with Gasteiger partial charge in [-0.25, -0.2) is 9.37 Å². The molecule has 2 unspecified atom stereocenters. The first-order valence-corrected chi connectivity index (χ1v) is 7.79. The highest BCUT2D eigenvalue weighted by Gasteiger charge is 2.35. The number of oxazole rings is 1. The van der Waals surface area contributed by atoms with Crippen LogP contribution in [-0.2, 0) is 5.67 Å². The molecule has 0 radical (unpaired) electrons. The van der Waals surface area contributed by atoms with Crippen molar-refractivity contribution >= 4 is 0 Å². The number of nitrogens with one attached hydrogen (secondary N) is 1. The first-order valence-electron chi connectivity index (χ1n) is 7.79. The van der Waals surface area contributed by atoms with Crippen molar-refractivity contribution in [3.05, 3.63) is 59.6 Å². The van der Waals surface area contributed by atoms with Gasteiger partial charge in [0.05, 0.1) is 12.1 Å². The molecule has 23 heavy (non-hydrogen) atoms. The summed E-state index contributed by atoms with van der Waals surface area (Å²) < 4.78 is 20.8. The Kier molecular flexibility index (Phi) is 4.43. The van der Waals surface area contributed by atoms with Crippen LogP contribution in [0.5, 0.6) is 0 Å². The van der Waals surface area contributed by atoms with E-state index >= 15 is 4.39 Å². The van der Waals surface area contributed by atoms with Gasteiger partial charge in [-0.15, -0.1) is 0 Å². The van der Waals surface area contributed by atoms with Gasteiger partial charge in [-0.3, -0.25) is 5.10 Å². The normalized spacial score (nSPS) is 22.1. The van der Waals surface area contributed by atoms with Crippen LogP contribution in [-0.4, -0.2) is 26.9 Å². The van der Waals surface area contributed by atoms with Gasteiger partial charge in [0, 0.05) is 24.8 Å². The molecular weight excluding hydrogens is 297 g/mol. The van der Waals surface area contributed by atoms with Crippen LogP contribution in [0.1, 0.15) is 49.3 Å². The number of H-pyrrole nitrogens is 1. The van der Waals surface area contributed by atoms with E-state index in [-0.39, 0.29) is 24.6 Å². The number of rotatable bonds is 6. The number of alkyl halides is 1. The molecule has 6 heteroatoms. The molecule has 2 N–H and O–H groups in total. The van der Waals surface area contributed by atoms with Crippen LogP contribution in [0.25, 0.3) is 0 Å². The molecule has 0 aromatic carbocycles. The Hall–Kier alpha value is -2.21. The Bertz CT molecular complexity index is 705. The minimum atomic E-state index is -1.68. The summed E-state index contributed by atoms with van der Waals surface area (Å²) in [5.41, 5.74) is 0.325. The second-order valence-electron chi connectivity index (χ2n) is 5.73.